The van der Waals surface area contributed by atoms with Gasteiger partial charge in [0.05, 0.1) is 0 Å². The van der Waals surface area contributed by atoms with Crippen LogP contribution in [-0.2, 0) is 20.6 Å². The van der Waals surface area contributed by atoms with Crippen molar-refractivity contribution < 1.29 is 20.6 Å². The van der Waals surface area contributed by atoms with Gasteiger partial charge in [-0.15, -0.1) is 65.8 Å². The summed E-state index contributed by atoms with van der Waals surface area (Å²) in [5, 5.41) is 0. The average molecular weight is 491 g/mol. The lowest BCUT2D eigenvalue weighted by Gasteiger charge is -2.47. The summed E-state index contributed by atoms with van der Waals surface area (Å²) >= 11 is 0. The molecule has 1 fully saturated rings. The molecule has 0 atom stereocenters. The van der Waals surface area contributed by atoms with Crippen molar-refractivity contribution in [3.63, 3.8) is 0 Å². The molecule has 0 radical (unpaired) electrons. The average Bonchev–Trinajstić information content (AvgIpc) is 2.81. The zero-order valence-corrected chi connectivity index (χ0v) is 22.4. The molecule has 0 N–H and O–H groups in total. The molecule has 0 aromatic heterocycles. The summed E-state index contributed by atoms with van der Waals surface area (Å²) in [5.74, 6) is 0. The second kappa shape index (κ2) is 10.1. The maximum Gasteiger partial charge on any atom is 0.374 e. The van der Waals surface area contributed by atoms with Crippen LogP contribution in [-0.4, -0.2) is 42.8 Å². The van der Waals surface area contributed by atoms with Crippen LogP contribution in [0.2, 0.25) is 0 Å². The van der Waals surface area contributed by atoms with E-state index in [1.54, 1.807) is 57.0 Å². The van der Waals surface area contributed by atoms with Crippen molar-refractivity contribution in [1.82, 2.24) is 0 Å². The predicted molar refractivity (Wildman–Crippen MR) is 136 cm³/mol. The van der Waals surface area contributed by atoms with Crippen LogP contribution in [0.25, 0.3) is 0 Å². The minimum atomic E-state index is -3.33. The minimum absolute atomic E-state index is 1.59. The van der Waals surface area contributed by atoms with Gasteiger partial charge in [0.15, 0.2) is 0 Å². The summed E-state index contributed by atoms with van der Waals surface area (Å²) in [4.78, 5) is 0. The largest absolute Gasteiger partial charge is 0.403 e. The Hall–Kier alpha value is -1.72. The van der Waals surface area contributed by atoms with Crippen LogP contribution < -0.4 is 0 Å². The zero-order chi connectivity index (χ0) is 23.1. The maximum atomic E-state index is 6.50. The monoisotopic (exact) mass is 490 g/mol. The second-order valence-corrected chi connectivity index (χ2v) is 21.5. The first-order valence-electron chi connectivity index (χ1n) is 9.01. The smallest absolute Gasteiger partial charge is 0.374 e. The molecule has 0 amide bonds. The van der Waals surface area contributed by atoms with Gasteiger partial charge in [0.25, 0.3) is 0 Å². The summed E-state index contributed by atoms with van der Waals surface area (Å²) in [6.07, 6.45) is 0. The van der Waals surface area contributed by atoms with Gasteiger partial charge in [0, 0.05) is 0 Å². The molecular formula is C20H30O5Si5. The van der Waals surface area contributed by atoms with Crippen LogP contribution in [0.3, 0.4) is 0 Å². The third-order valence-corrected chi connectivity index (χ3v) is 22.9. The molecule has 0 saturated carbocycles. The van der Waals surface area contributed by atoms with Gasteiger partial charge in [-0.25, -0.2) is 0 Å². The standard InChI is InChI=1S/C20H30O5Si5/c1-11-26(12-2)21-27(13-3,14-4)23-29(17-7,18-8)25-30(19-9,20-10)24-28(15-5,16-6)22-26/h11-20H,1-10H2. The molecule has 1 saturated heterocycles. The highest BCUT2D eigenvalue weighted by Crippen LogP contribution is 2.34. The van der Waals surface area contributed by atoms with E-state index in [0.717, 1.165) is 0 Å². The second-order valence-electron chi connectivity index (χ2n) is 6.16. The molecule has 0 spiro atoms. The molecule has 160 valence electrons. The highest BCUT2D eigenvalue weighted by molar-refractivity contribution is 7.04. The minimum Gasteiger partial charge on any atom is -0.403 e. The maximum absolute atomic E-state index is 6.50. The summed E-state index contributed by atoms with van der Waals surface area (Å²) in [7, 11) is -16.7. The highest BCUT2D eigenvalue weighted by atomic mass is 28.5. The Morgan fingerprint density at radius 1 is 0.267 bits per heavy atom. The molecular weight excluding hydrogens is 461 g/mol. The quantitative estimate of drug-likeness (QED) is 0.421. The lowest BCUT2D eigenvalue weighted by molar-refractivity contribution is 0.263. The Morgan fingerprint density at radius 3 is 0.433 bits per heavy atom. The van der Waals surface area contributed by atoms with Gasteiger partial charge in [0.1, 0.15) is 0 Å². The fraction of sp³-hybridized carbons (Fsp3) is 0. The predicted octanol–water partition coefficient (Wildman–Crippen LogP) is 4.55. The molecule has 1 heterocycles. The van der Waals surface area contributed by atoms with E-state index in [4.69, 9.17) is 20.6 Å². The van der Waals surface area contributed by atoms with E-state index in [9.17, 15) is 0 Å². The zero-order valence-electron chi connectivity index (χ0n) is 17.4. The molecule has 0 unspecified atom stereocenters. The van der Waals surface area contributed by atoms with Gasteiger partial charge >= 0.3 is 42.8 Å². The number of hydrogen-bond donors (Lipinski definition) is 0. The van der Waals surface area contributed by atoms with Crippen molar-refractivity contribution in [2.24, 2.45) is 0 Å². The van der Waals surface area contributed by atoms with E-state index in [-0.39, 0.29) is 0 Å². The fourth-order valence-corrected chi connectivity index (χ4v) is 22.8. The van der Waals surface area contributed by atoms with Crippen molar-refractivity contribution >= 4 is 42.8 Å². The van der Waals surface area contributed by atoms with Crippen LogP contribution in [0.4, 0.5) is 0 Å². The molecule has 1 aliphatic rings. The van der Waals surface area contributed by atoms with Gasteiger partial charge in [-0.05, 0) is 57.0 Å². The fourth-order valence-electron chi connectivity index (χ4n) is 2.60. The van der Waals surface area contributed by atoms with Crippen LogP contribution in [0.15, 0.2) is 123 Å². The normalized spacial score (nSPS) is 23.3. The third-order valence-electron chi connectivity index (χ3n) is 4.44. The lowest BCUT2D eigenvalue weighted by atomic mass is 11.2. The van der Waals surface area contributed by atoms with E-state index in [1.807, 2.05) is 0 Å². The summed E-state index contributed by atoms with van der Waals surface area (Å²) in [6, 6.07) is 0. The van der Waals surface area contributed by atoms with Crippen molar-refractivity contribution in [2.75, 3.05) is 0 Å². The van der Waals surface area contributed by atoms with Crippen LogP contribution >= 0.6 is 0 Å². The molecule has 0 aliphatic carbocycles. The first kappa shape index (κ1) is 26.3. The molecule has 0 aromatic rings. The van der Waals surface area contributed by atoms with Crippen molar-refractivity contribution in [3.8, 4) is 0 Å². The van der Waals surface area contributed by atoms with Gasteiger partial charge in [-0.1, -0.05) is 0 Å². The Labute approximate surface area is 185 Å². The molecule has 5 nitrogen and oxygen atoms in total. The Bertz CT molecular complexity index is 580. The van der Waals surface area contributed by atoms with Gasteiger partial charge < -0.3 is 20.6 Å². The number of hydrogen-bond acceptors (Lipinski definition) is 5. The molecule has 10 heteroatoms. The van der Waals surface area contributed by atoms with E-state index in [0.29, 0.717) is 0 Å². The number of rotatable bonds is 10. The molecule has 0 aromatic carbocycles. The van der Waals surface area contributed by atoms with Crippen molar-refractivity contribution in [2.45, 2.75) is 0 Å². The Kier molecular flexibility index (Phi) is 8.83. The van der Waals surface area contributed by atoms with Crippen molar-refractivity contribution in [1.29, 1.82) is 0 Å². The highest BCUT2D eigenvalue weighted by Gasteiger charge is 2.57. The van der Waals surface area contributed by atoms with E-state index >= 15 is 0 Å². The van der Waals surface area contributed by atoms with Crippen LogP contribution in [0.1, 0.15) is 0 Å². The van der Waals surface area contributed by atoms with E-state index in [2.05, 4.69) is 65.8 Å². The summed E-state index contributed by atoms with van der Waals surface area (Å²) in [6.45, 7) is 39.2. The lowest BCUT2D eigenvalue weighted by Crippen LogP contribution is -2.67. The first-order chi connectivity index (χ1) is 14.1. The molecule has 1 rings (SSSR count). The van der Waals surface area contributed by atoms with Crippen LogP contribution in [0.5, 0.6) is 0 Å². The Balaban J connectivity index is 4.01. The SMILES string of the molecule is C=C[Si]1(C=C)O[Si](C=C)(C=C)O[Si](C=C)(C=C)O[Si](C=C)(C=C)O[Si](C=C)(C=C)O1. The van der Waals surface area contributed by atoms with Gasteiger partial charge in [-0.3, -0.25) is 0 Å². The van der Waals surface area contributed by atoms with Crippen molar-refractivity contribution in [3.05, 3.63) is 123 Å². The molecule has 0 bridgehead atoms. The van der Waals surface area contributed by atoms with E-state index < -0.39 is 42.8 Å². The summed E-state index contributed by atoms with van der Waals surface area (Å²) in [5.41, 5.74) is 15.9. The third kappa shape index (κ3) is 4.95. The topological polar surface area (TPSA) is 46.2 Å². The summed E-state index contributed by atoms with van der Waals surface area (Å²) < 4.78 is 32.5. The molecule has 1 aliphatic heterocycles. The first-order valence-corrected chi connectivity index (χ1v) is 18.9. The van der Waals surface area contributed by atoms with Crippen LogP contribution in [0, 0.1) is 0 Å². The van der Waals surface area contributed by atoms with Gasteiger partial charge in [0.2, 0.25) is 0 Å². The van der Waals surface area contributed by atoms with E-state index in [1.165, 1.54) is 0 Å². The molecule has 30 heavy (non-hydrogen) atoms. The van der Waals surface area contributed by atoms with Gasteiger partial charge in [-0.2, -0.15) is 0 Å². The Morgan fingerprint density at radius 2 is 0.367 bits per heavy atom.